The molecule has 1 fully saturated rings. The molecule has 26 heavy (non-hydrogen) atoms. The zero-order valence-corrected chi connectivity index (χ0v) is 16.1. The highest BCUT2D eigenvalue weighted by atomic mass is 32.1. The zero-order valence-electron chi connectivity index (χ0n) is 15.2. The lowest BCUT2D eigenvalue weighted by Gasteiger charge is -2.47. The zero-order chi connectivity index (χ0) is 18.0. The van der Waals surface area contributed by atoms with Crippen LogP contribution in [-0.2, 0) is 11.3 Å². The molecule has 138 valence electrons. The van der Waals surface area contributed by atoms with Crippen LogP contribution in [0.1, 0.15) is 42.7 Å². The highest BCUT2D eigenvalue weighted by molar-refractivity contribution is 7.07. The Labute approximate surface area is 159 Å². The minimum atomic E-state index is -0.127. The van der Waals surface area contributed by atoms with Crippen LogP contribution in [-0.4, -0.2) is 36.5 Å². The largest absolute Gasteiger partial charge is 0.487 e. The number of carbonyl (C=O) groups is 1. The van der Waals surface area contributed by atoms with Gasteiger partial charge in [0.25, 0.3) is 0 Å². The van der Waals surface area contributed by atoms with E-state index in [4.69, 9.17) is 4.74 Å². The third-order valence-corrected chi connectivity index (χ3v) is 6.50. The van der Waals surface area contributed by atoms with Crippen molar-refractivity contribution < 1.29 is 9.53 Å². The number of nitrogens with one attached hydrogen (secondary N) is 1. The molecule has 3 heterocycles. The fourth-order valence-electron chi connectivity index (χ4n) is 4.32. The molecule has 1 amide bonds. The van der Waals surface area contributed by atoms with Crippen LogP contribution in [0.4, 0.5) is 0 Å². The molecule has 1 aromatic heterocycles. The van der Waals surface area contributed by atoms with Gasteiger partial charge in [-0.1, -0.05) is 18.2 Å². The number of benzene rings is 1. The van der Waals surface area contributed by atoms with Gasteiger partial charge >= 0.3 is 0 Å². The normalized spacial score (nSPS) is 21.8. The number of piperidine rings is 1. The van der Waals surface area contributed by atoms with Gasteiger partial charge in [-0.2, -0.15) is 11.3 Å². The highest BCUT2D eigenvalue weighted by Gasteiger charge is 2.43. The lowest BCUT2D eigenvalue weighted by molar-refractivity contribution is -0.121. The predicted octanol–water partition coefficient (Wildman–Crippen LogP) is 3.79. The summed E-state index contributed by atoms with van der Waals surface area (Å²) in [4.78, 5) is 14.6. The quantitative estimate of drug-likeness (QED) is 0.890. The number of fused-ring (bicyclic) bond motifs is 1. The molecular weight excluding hydrogens is 344 g/mol. The second kappa shape index (κ2) is 7.41. The number of likely N-dealkylation sites (tertiary alicyclic amines) is 1. The SMILES string of the molecule is CNC(=O)C[C@@H]1CC2(CCN(Cc3ccsc3)CC2)Oc2ccccc21. The average Bonchev–Trinajstić information content (AvgIpc) is 3.17. The molecule has 1 aromatic carbocycles. The second-order valence-corrected chi connectivity index (χ2v) is 8.29. The van der Waals surface area contributed by atoms with E-state index in [1.54, 1.807) is 18.4 Å². The lowest BCUT2D eigenvalue weighted by Crippen LogP contribution is -2.50. The van der Waals surface area contributed by atoms with E-state index in [1.807, 2.05) is 12.1 Å². The molecular formula is C21H26N2O2S. The van der Waals surface area contributed by atoms with Gasteiger partial charge in [-0.3, -0.25) is 9.69 Å². The standard InChI is InChI=1S/C21H26N2O2S/c1-22-20(24)12-17-13-21(25-19-5-3-2-4-18(17)19)7-9-23(10-8-21)14-16-6-11-26-15-16/h2-6,11,15,17H,7-10,12-14H2,1H3,(H,22,24)/t17-/m1/s1. The number of nitrogens with zero attached hydrogens (tertiary/aromatic N) is 1. The van der Waals surface area contributed by atoms with Crippen LogP contribution in [0.2, 0.25) is 0 Å². The van der Waals surface area contributed by atoms with Crippen molar-refractivity contribution in [1.29, 1.82) is 0 Å². The molecule has 0 saturated carbocycles. The molecule has 1 spiro atoms. The first-order chi connectivity index (χ1) is 12.7. The molecule has 2 aromatic rings. The Hall–Kier alpha value is -1.85. The van der Waals surface area contributed by atoms with Crippen LogP contribution in [0.25, 0.3) is 0 Å². The third-order valence-electron chi connectivity index (χ3n) is 5.77. The van der Waals surface area contributed by atoms with E-state index in [0.717, 1.165) is 44.6 Å². The Balaban J connectivity index is 1.48. The van der Waals surface area contributed by atoms with Gasteiger partial charge in [-0.15, -0.1) is 0 Å². The number of rotatable bonds is 4. The van der Waals surface area contributed by atoms with E-state index < -0.39 is 0 Å². The molecule has 1 saturated heterocycles. The van der Waals surface area contributed by atoms with Crippen LogP contribution >= 0.6 is 11.3 Å². The molecule has 0 unspecified atom stereocenters. The molecule has 2 aliphatic rings. The van der Waals surface area contributed by atoms with Crippen molar-refractivity contribution in [3.63, 3.8) is 0 Å². The maximum atomic E-state index is 12.0. The van der Waals surface area contributed by atoms with Crippen molar-refractivity contribution >= 4 is 17.2 Å². The van der Waals surface area contributed by atoms with Gasteiger partial charge in [0.1, 0.15) is 11.4 Å². The topological polar surface area (TPSA) is 41.6 Å². The molecule has 0 bridgehead atoms. The van der Waals surface area contributed by atoms with Gasteiger partial charge in [-0.25, -0.2) is 0 Å². The average molecular weight is 371 g/mol. The fraction of sp³-hybridized carbons (Fsp3) is 0.476. The molecule has 0 radical (unpaired) electrons. The van der Waals surface area contributed by atoms with Crippen molar-refractivity contribution in [3.8, 4) is 5.75 Å². The lowest BCUT2D eigenvalue weighted by atomic mass is 9.76. The van der Waals surface area contributed by atoms with Crippen LogP contribution in [0.15, 0.2) is 41.1 Å². The summed E-state index contributed by atoms with van der Waals surface area (Å²) in [5, 5.41) is 7.16. The van der Waals surface area contributed by atoms with Crippen LogP contribution in [0.5, 0.6) is 5.75 Å². The van der Waals surface area contributed by atoms with E-state index in [0.29, 0.717) is 6.42 Å². The van der Waals surface area contributed by atoms with E-state index in [-0.39, 0.29) is 17.4 Å². The van der Waals surface area contributed by atoms with Crippen molar-refractivity contribution in [2.45, 2.75) is 43.7 Å². The van der Waals surface area contributed by atoms with Gasteiger partial charge in [0, 0.05) is 39.0 Å². The van der Waals surface area contributed by atoms with Crippen molar-refractivity contribution in [2.24, 2.45) is 0 Å². The molecule has 2 aliphatic heterocycles. The first kappa shape index (κ1) is 17.6. The summed E-state index contributed by atoms with van der Waals surface area (Å²) >= 11 is 1.76. The summed E-state index contributed by atoms with van der Waals surface area (Å²) in [6.45, 7) is 3.12. The van der Waals surface area contributed by atoms with Crippen molar-refractivity contribution in [3.05, 3.63) is 52.2 Å². The number of para-hydroxylation sites is 1. The smallest absolute Gasteiger partial charge is 0.220 e. The minimum absolute atomic E-state index is 0.108. The molecule has 4 nitrogen and oxygen atoms in total. The van der Waals surface area contributed by atoms with Crippen molar-refractivity contribution in [2.75, 3.05) is 20.1 Å². The van der Waals surface area contributed by atoms with Crippen LogP contribution in [0, 0.1) is 0 Å². The summed E-state index contributed by atoms with van der Waals surface area (Å²) in [5.41, 5.74) is 2.46. The van der Waals surface area contributed by atoms with E-state index in [1.165, 1.54) is 11.1 Å². The minimum Gasteiger partial charge on any atom is -0.487 e. The molecule has 4 rings (SSSR count). The van der Waals surface area contributed by atoms with Gasteiger partial charge in [0.15, 0.2) is 0 Å². The first-order valence-electron chi connectivity index (χ1n) is 9.39. The number of thiophene rings is 1. The Morgan fingerprint density at radius 2 is 2.12 bits per heavy atom. The maximum Gasteiger partial charge on any atom is 0.220 e. The third kappa shape index (κ3) is 3.64. The molecule has 5 heteroatoms. The second-order valence-electron chi connectivity index (χ2n) is 7.51. The molecule has 1 atom stereocenters. The fourth-order valence-corrected chi connectivity index (χ4v) is 4.98. The maximum absolute atomic E-state index is 12.0. The molecule has 1 N–H and O–H groups in total. The summed E-state index contributed by atoms with van der Waals surface area (Å²) in [6, 6.07) is 10.5. The van der Waals surface area contributed by atoms with Gasteiger partial charge in [-0.05, 0) is 53.3 Å². The number of amides is 1. The summed E-state index contributed by atoms with van der Waals surface area (Å²) < 4.78 is 6.53. The Morgan fingerprint density at radius 1 is 1.31 bits per heavy atom. The van der Waals surface area contributed by atoms with E-state index >= 15 is 0 Å². The van der Waals surface area contributed by atoms with Crippen molar-refractivity contribution in [1.82, 2.24) is 10.2 Å². The Bertz CT molecular complexity index is 751. The highest BCUT2D eigenvalue weighted by Crippen LogP contribution is 2.46. The van der Waals surface area contributed by atoms with E-state index in [9.17, 15) is 4.79 Å². The number of hydrogen-bond donors (Lipinski definition) is 1. The van der Waals surface area contributed by atoms with Gasteiger partial charge in [0.05, 0.1) is 0 Å². The predicted molar refractivity (Wildman–Crippen MR) is 105 cm³/mol. The van der Waals surface area contributed by atoms with Gasteiger partial charge < -0.3 is 10.1 Å². The summed E-state index contributed by atoms with van der Waals surface area (Å²) in [6.07, 6.45) is 3.52. The van der Waals surface area contributed by atoms with E-state index in [2.05, 4.69) is 39.2 Å². The summed E-state index contributed by atoms with van der Waals surface area (Å²) in [7, 11) is 1.71. The summed E-state index contributed by atoms with van der Waals surface area (Å²) in [5.74, 6) is 1.32. The Morgan fingerprint density at radius 3 is 2.85 bits per heavy atom. The first-order valence-corrected chi connectivity index (χ1v) is 10.3. The van der Waals surface area contributed by atoms with Gasteiger partial charge in [0.2, 0.25) is 5.91 Å². The number of carbonyl (C=O) groups excluding carboxylic acids is 1. The number of ether oxygens (including phenoxy) is 1. The molecule has 0 aliphatic carbocycles. The Kier molecular flexibility index (Phi) is 5.00. The number of hydrogen-bond acceptors (Lipinski definition) is 4. The van der Waals surface area contributed by atoms with Crippen LogP contribution < -0.4 is 10.1 Å². The van der Waals surface area contributed by atoms with Crippen LogP contribution in [0.3, 0.4) is 0 Å². The monoisotopic (exact) mass is 370 g/mol.